The predicted octanol–water partition coefficient (Wildman–Crippen LogP) is 4.34. The quantitative estimate of drug-likeness (QED) is 0.898. The van der Waals surface area contributed by atoms with Crippen LogP contribution < -0.4 is 5.32 Å². The maximum Gasteiger partial charge on any atom is 0.251 e. The summed E-state index contributed by atoms with van der Waals surface area (Å²) >= 11 is 0. The van der Waals surface area contributed by atoms with Crippen LogP contribution in [0.3, 0.4) is 0 Å². The first-order valence-corrected chi connectivity index (χ1v) is 8.52. The number of aryl methyl sites for hydroxylation is 2. The number of rotatable bonds is 3. The molecule has 3 rings (SSSR count). The molecule has 22 heavy (non-hydrogen) atoms. The van der Waals surface area contributed by atoms with Crippen LogP contribution in [-0.4, -0.2) is 16.5 Å². The molecule has 1 aromatic heterocycles. The van der Waals surface area contributed by atoms with E-state index in [1.807, 2.05) is 6.07 Å². The maximum atomic E-state index is 12.5. The second-order valence-electron chi connectivity index (χ2n) is 6.49. The zero-order valence-corrected chi connectivity index (χ0v) is 13.9. The summed E-state index contributed by atoms with van der Waals surface area (Å²) in [5.74, 6) is 0.0788. The number of hydrogen-bond acceptors (Lipinski definition) is 1. The van der Waals surface area contributed by atoms with Gasteiger partial charge in [0.15, 0.2) is 0 Å². The van der Waals surface area contributed by atoms with Gasteiger partial charge in [-0.1, -0.05) is 19.3 Å². The van der Waals surface area contributed by atoms with Crippen molar-refractivity contribution < 1.29 is 4.79 Å². The lowest BCUT2D eigenvalue weighted by molar-refractivity contribution is 0.0928. The van der Waals surface area contributed by atoms with Gasteiger partial charge < -0.3 is 9.88 Å². The highest BCUT2D eigenvalue weighted by atomic mass is 16.1. The number of nitrogens with zero attached hydrogens (tertiary/aromatic N) is 1. The maximum absolute atomic E-state index is 12.5. The Bertz CT molecular complexity index is 693. The Balaban J connectivity index is 1.88. The lowest BCUT2D eigenvalue weighted by atomic mass is 9.95. The van der Waals surface area contributed by atoms with E-state index in [0.29, 0.717) is 6.04 Å². The fourth-order valence-electron chi connectivity index (χ4n) is 3.71. The van der Waals surface area contributed by atoms with Gasteiger partial charge in [0.05, 0.1) is 0 Å². The summed E-state index contributed by atoms with van der Waals surface area (Å²) in [6, 6.07) is 6.47. The Morgan fingerprint density at radius 2 is 1.95 bits per heavy atom. The molecule has 1 heterocycles. The number of fused-ring (bicyclic) bond motifs is 1. The standard InChI is InChI=1S/C19H26N2O/c1-4-21-14(3)13(2)17-12-15(10-11-18(17)21)19(22)20-16-8-6-5-7-9-16/h10-12,16H,4-9H2,1-3H3,(H,20,22). The monoisotopic (exact) mass is 298 g/mol. The van der Waals surface area contributed by atoms with Gasteiger partial charge in [-0.05, 0) is 57.4 Å². The molecule has 1 aromatic carbocycles. The molecule has 0 bridgehead atoms. The fraction of sp³-hybridized carbons (Fsp3) is 0.526. The molecule has 2 aromatic rings. The number of amides is 1. The lowest BCUT2D eigenvalue weighted by Crippen LogP contribution is -2.36. The Morgan fingerprint density at radius 1 is 1.23 bits per heavy atom. The van der Waals surface area contributed by atoms with Crippen LogP contribution in [0.15, 0.2) is 18.2 Å². The molecule has 1 aliphatic carbocycles. The number of benzene rings is 1. The summed E-state index contributed by atoms with van der Waals surface area (Å²) in [6.07, 6.45) is 6.03. The van der Waals surface area contributed by atoms with Gasteiger partial charge in [0, 0.05) is 34.7 Å². The third-order valence-corrected chi connectivity index (χ3v) is 5.16. The molecule has 0 aliphatic heterocycles. The van der Waals surface area contributed by atoms with Gasteiger partial charge in [0.1, 0.15) is 0 Å². The Labute approximate surface area is 132 Å². The zero-order chi connectivity index (χ0) is 15.7. The topological polar surface area (TPSA) is 34.0 Å². The molecule has 0 saturated heterocycles. The van der Waals surface area contributed by atoms with Crippen LogP contribution >= 0.6 is 0 Å². The number of carbonyl (C=O) groups is 1. The Hall–Kier alpha value is -1.77. The van der Waals surface area contributed by atoms with E-state index in [9.17, 15) is 4.79 Å². The largest absolute Gasteiger partial charge is 0.349 e. The molecule has 3 heteroatoms. The first-order chi connectivity index (χ1) is 10.6. The first kappa shape index (κ1) is 15.1. The second kappa shape index (κ2) is 6.15. The van der Waals surface area contributed by atoms with Crippen LogP contribution in [0.5, 0.6) is 0 Å². The molecular weight excluding hydrogens is 272 g/mol. The molecule has 118 valence electrons. The average molecular weight is 298 g/mol. The van der Waals surface area contributed by atoms with E-state index in [1.165, 1.54) is 41.4 Å². The molecule has 3 nitrogen and oxygen atoms in total. The molecule has 1 saturated carbocycles. The van der Waals surface area contributed by atoms with Crippen molar-refractivity contribution >= 4 is 16.8 Å². The minimum Gasteiger partial charge on any atom is -0.349 e. The van der Waals surface area contributed by atoms with Crippen molar-refractivity contribution in [3.63, 3.8) is 0 Å². The highest BCUT2D eigenvalue weighted by Crippen LogP contribution is 2.26. The average Bonchev–Trinajstić information content (AvgIpc) is 2.79. The van der Waals surface area contributed by atoms with E-state index in [2.05, 4.69) is 42.8 Å². The van der Waals surface area contributed by atoms with Crippen LogP contribution in [0.1, 0.15) is 60.6 Å². The molecule has 1 N–H and O–H groups in total. The molecule has 0 radical (unpaired) electrons. The highest BCUT2D eigenvalue weighted by molar-refractivity contribution is 5.99. The zero-order valence-electron chi connectivity index (χ0n) is 13.9. The van der Waals surface area contributed by atoms with Gasteiger partial charge in [-0.3, -0.25) is 4.79 Å². The van der Waals surface area contributed by atoms with E-state index in [0.717, 1.165) is 24.9 Å². The fourth-order valence-corrected chi connectivity index (χ4v) is 3.71. The minimum absolute atomic E-state index is 0.0788. The smallest absolute Gasteiger partial charge is 0.251 e. The molecule has 0 unspecified atom stereocenters. The van der Waals surface area contributed by atoms with Crippen molar-refractivity contribution in [1.82, 2.24) is 9.88 Å². The van der Waals surface area contributed by atoms with Crippen molar-refractivity contribution in [2.45, 2.75) is 65.5 Å². The summed E-state index contributed by atoms with van der Waals surface area (Å²) in [4.78, 5) is 12.5. The van der Waals surface area contributed by atoms with Crippen LogP contribution in [0, 0.1) is 13.8 Å². The summed E-state index contributed by atoms with van der Waals surface area (Å²) in [5, 5.41) is 4.41. The van der Waals surface area contributed by atoms with Gasteiger partial charge in [0.2, 0.25) is 0 Å². The van der Waals surface area contributed by atoms with Crippen LogP contribution in [-0.2, 0) is 6.54 Å². The minimum atomic E-state index is 0.0788. The van der Waals surface area contributed by atoms with E-state index in [4.69, 9.17) is 0 Å². The van der Waals surface area contributed by atoms with Crippen molar-refractivity contribution in [3.05, 3.63) is 35.0 Å². The van der Waals surface area contributed by atoms with Gasteiger partial charge in [-0.25, -0.2) is 0 Å². The van der Waals surface area contributed by atoms with Crippen LogP contribution in [0.2, 0.25) is 0 Å². The van der Waals surface area contributed by atoms with Gasteiger partial charge in [-0.15, -0.1) is 0 Å². The molecular formula is C19H26N2O. The molecule has 0 atom stereocenters. The SMILES string of the molecule is CCn1c(C)c(C)c2cc(C(=O)NC3CCCCC3)ccc21. The summed E-state index contributed by atoms with van der Waals surface area (Å²) < 4.78 is 2.31. The normalized spacial score (nSPS) is 16.1. The molecule has 1 fully saturated rings. The lowest BCUT2D eigenvalue weighted by Gasteiger charge is -2.22. The van der Waals surface area contributed by atoms with Crippen LogP contribution in [0.4, 0.5) is 0 Å². The number of carbonyl (C=O) groups excluding carboxylic acids is 1. The number of hydrogen-bond donors (Lipinski definition) is 1. The van der Waals surface area contributed by atoms with E-state index >= 15 is 0 Å². The molecule has 1 amide bonds. The Kier molecular flexibility index (Phi) is 4.23. The molecule has 1 aliphatic rings. The van der Waals surface area contributed by atoms with E-state index < -0.39 is 0 Å². The highest BCUT2D eigenvalue weighted by Gasteiger charge is 2.18. The summed E-state index contributed by atoms with van der Waals surface area (Å²) in [7, 11) is 0. The van der Waals surface area contributed by atoms with Crippen molar-refractivity contribution in [1.29, 1.82) is 0 Å². The second-order valence-corrected chi connectivity index (χ2v) is 6.49. The van der Waals surface area contributed by atoms with Gasteiger partial charge in [0.25, 0.3) is 5.91 Å². The van der Waals surface area contributed by atoms with Gasteiger partial charge in [-0.2, -0.15) is 0 Å². The van der Waals surface area contributed by atoms with Crippen LogP contribution in [0.25, 0.3) is 10.9 Å². The van der Waals surface area contributed by atoms with Gasteiger partial charge >= 0.3 is 0 Å². The van der Waals surface area contributed by atoms with Crippen molar-refractivity contribution in [2.24, 2.45) is 0 Å². The third-order valence-electron chi connectivity index (χ3n) is 5.16. The number of aromatic nitrogens is 1. The van der Waals surface area contributed by atoms with E-state index in [-0.39, 0.29) is 5.91 Å². The molecule has 0 spiro atoms. The predicted molar refractivity (Wildman–Crippen MR) is 91.4 cm³/mol. The number of nitrogens with one attached hydrogen (secondary N) is 1. The van der Waals surface area contributed by atoms with E-state index in [1.54, 1.807) is 0 Å². The van der Waals surface area contributed by atoms with Crippen molar-refractivity contribution in [2.75, 3.05) is 0 Å². The first-order valence-electron chi connectivity index (χ1n) is 8.52. The summed E-state index contributed by atoms with van der Waals surface area (Å²) in [5.41, 5.74) is 4.59. The van der Waals surface area contributed by atoms with Crippen molar-refractivity contribution in [3.8, 4) is 0 Å². The Morgan fingerprint density at radius 3 is 2.64 bits per heavy atom. The third kappa shape index (κ3) is 2.65. The summed E-state index contributed by atoms with van der Waals surface area (Å²) in [6.45, 7) is 7.42.